The van der Waals surface area contributed by atoms with Crippen LogP contribution >= 0.6 is 0 Å². The van der Waals surface area contributed by atoms with Gasteiger partial charge in [-0.1, -0.05) is 0 Å². The Labute approximate surface area is 75.5 Å². The molecule has 4 N–H and O–H groups in total. The number of amides is 1. The smallest absolute Gasteiger partial charge is 0.287 e. The third-order valence-electron chi connectivity index (χ3n) is 1.47. The Morgan fingerprint density at radius 2 is 2.38 bits per heavy atom. The van der Waals surface area contributed by atoms with Crippen molar-refractivity contribution in [3.63, 3.8) is 0 Å². The molecule has 1 aromatic rings. The molecule has 0 aliphatic carbocycles. The standard InChI is InChI=1S/C8H12N2O3/c9-7-3-2-6(13-7)8(12)10-4-1-5-11/h2-3,11H,1,4-5,9H2,(H,10,12). The fourth-order valence-electron chi connectivity index (χ4n) is 0.843. The van der Waals surface area contributed by atoms with Gasteiger partial charge in [0.25, 0.3) is 5.91 Å². The number of carbonyl (C=O) groups excluding carboxylic acids is 1. The molecule has 0 saturated carbocycles. The summed E-state index contributed by atoms with van der Waals surface area (Å²) in [5.74, 6) is 0.0906. The van der Waals surface area contributed by atoms with Gasteiger partial charge in [0.15, 0.2) is 11.6 Å². The van der Waals surface area contributed by atoms with Gasteiger partial charge in [-0.15, -0.1) is 0 Å². The summed E-state index contributed by atoms with van der Waals surface area (Å²) < 4.78 is 4.88. The average Bonchev–Trinajstić information content (AvgIpc) is 2.52. The molecule has 0 fully saturated rings. The highest BCUT2D eigenvalue weighted by Crippen LogP contribution is 2.08. The van der Waals surface area contributed by atoms with Crippen LogP contribution in [0.2, 0.25) is 0 Å². The minimum absolute atomic E-state index is 0.0561. The van der Waals surface area contributed by atoms with E-state index in [1.165, 1.54) is 12.1 Å². The molecule has 1 heterocycles. The molecule has 5 heteroatoms. The largest absolute Gasteiger partial charge is 0.436 e. The molecule has 0 unspecified atom stereocenters. The van der Waals surface area contributed by atoms with Crippen molar-refractivity contribution in [3.8, 4) is 0 Å². The summed E-state index contributed by atoms with van der Waals surface area (Å²) in [6, 6.07) is 3.02. The fraction of sp³-hybridized carbons (Fsp3) is 0.375. The molecular weight excluding hydrogens is 172 g/mol. The number of nitrogens with two attached hydrogens (primary N) is 1. The van der Waals surface area contributed by atoms with Crippen molar-refractivity contribution in [1.82, 2.24) is 5.32 Å². The first-order chi connectivity index (χ1) is 6.24. The van der Waals surface area contributed by atoms with Crippen LogP contribution in [-0.4, -0.2) is 24.2 Å². The highest BCUT2D eigenvalue weighted by Gasteiger charge is 2.08. The molecule has 0 saturated heterocycles. The van der Waals surface area contributed by atoms with Gasteiger partial charge in [0.1, 0.15) is 0 Å². The molecule has 1 aromatic heterocycles. The Morgan fingerprint density at radius 3 is 2.92 bits per heavy atom. The SMILES string of the molecule is Nc1ccc(C(=O)NCCCO)o1. The zero-order valence-corrected chi connectivity index (χ0v) is 7.12. The minimum Gasteiger partial charge on any atom is -0.436 e. The Morgan fingerprint density at radius 1 is 1.62 bits per heavy atom. The summed E-state index contributed by atoms with van der Waals surface area (Å²) in [4.78, 5) is 11.2. The maximum Gasteiger partial charge on any atom is 0.287 e. The summed E-state index contributed by atoms with van der Waals surface area (Å²) in [7, 11) is 0. The van der Waals surface area contributed by atoms with Crippen LogP contribution < -0.4 is 11.1 Å². The van der Waals surface area contributed by atoms with Crippen molar-refractivity contribution in [3.05, 3.63) is 17.9 Å². The Kier molecular flexibility index (Phi) is 3.33. The van der Waals surface area contributed by atoms with Crippen molar-refractivity contribution >= 4 is 11.8 Å². The predicted molar refractivity (Wildman–Crippen MR) is 47.2 cm³/mol. The van der Waals surface area contributed by atoms with Gasteiger partial charge in [-0.05, 0) is 12.5 Å². The third kappa shape index (κ3) is 2.79. The molecule has 0 spiro atoms. The molecule has 1 amide bonds. The van der Waals surface area contributed by atoms with Crippen molar-refractivity contribution in [1.29, 1.82) is 0 Å². The topological polar surface area (TPSA) is 88.5 Å². The van der Waals surface area contributed by atoms with Crippen molar-refractivity contribution in [2.75, 3.05) is 18.9 Å². The van der Waals surface area contributed by atoms with Gasteiger partial charge in [-0.25, -0.2) is 0 Å². The van der Waals surface area contributed by atoms with E-state index in [-0.39, 0.29) is 24.2 Å². The van der Waals surface area contributed by atoms with Gasteiger partial charge in [-0.3, -0.25) is 4.79 Å². The monoisotopic (exact) mass is 184 g/mol. The van der Waals surface area contributed by atoms with Gasteiger partial charge >= 0.3 is 0 Å². The number of anilines is 1. The predicted octanol–water partition coefficient (Wildman–Crippen LogP) is -0.0260. The van der Waals surface area contributed by atoms with E-state index in [2.05, 4.69) is 5.32 Å². The van der Waals surface area contributed by atoms with Gasteiger partial charge in [0, 0.05) is 19.2 Å². The normalized spacial score (nSPS) is 9.92. The molecule has 0 aliphatic heterocycles. The van der Waals surface area contributed by atoms with E-state index in [4.69, 9.17) is 15.3 Å². The summed E-state index contributed by atoms with van der Waals surface area (Å²) in [6.07, 6.45) is 0.530. The van der Waals surface area contributed by atoms with Crippen LogP contribution in [0.5, 0.6) is 0 Å². The van der Waals surface area contributed by atoms with Crippen LogP contribution in [0.25, 0.3) is 0 Å². The number of nitrogens with one attached hydrogen (secondary N) is 1. The molecule has 13 heavy (non-hydrogen) atoms. The van der Waals surface area contributed by atoms with Gasteiger partial charge in [-0.2, -0.15) is 0 Å². The molecule has 5 nitrogen and oxygen atoms in total. The second-order valence-corrected chi connectivity index (χ2v) is 2.54. The van der Waals surface area contributed by atoms with E-state index in [0.29, 0.717) is 13.0 Å². The van der Waals surface area contributed by atoms with Gasteiger partial charge in [0.2, 0.25) is 0 Å². The summed E-state index contributed by atoms with van der Waals surface area (Å²) in [5, 5.41) is 11.0. The zero-order chi connectivity index (χ0) is 9.68. The van der Waals surface area contributed by atoms with E-state index in [9.17, 15) is 4.79 Å². The lowest BCUT2D eigenvalue weighted by molar-refractivity contribution is 0.0924. The lowest BCUT2D eigenvalue weighted by Crippen LogP contribution is -2.24. The van der Waals surface area contributed by atoms with Crippen LogP contribution in [0.1, 0.15) is 17.0 Å². The van der Waals surface area contributed by atoms with E-state index in [0.717, 1.165) is 0 Å². The molecule has 0 aromatic carbocycles. The van der Waals surface area contributed by atoms with Crippen LogP contribution in [0.15, 0.2) is 16.5 Å². The molecule has 0 aliphatic rings. The van der Waals surface area contributed by atoms with E-state index in [1.807, 2.05) is 0 Å². The minimum atomic E-state index is -0.315. The summed E-state index contributed by atoms with van der Waals surface area (Å²) >= 11 is 0. The van der Waals surface area contributed by atoms with Crippen molar-refractivity contribution < 1.29 is 14.3 Å². The maximum atomic E-state index is 11.2. The van der Waals surface area contributed by atoms with Crippen molar-refractivity contribution in [2.45, 2.75) is 6.42 Å². The number of nitrogen functional groups attached to an aromatic ring is 1. The van der Waals surface area contributed by atoms with Crippen LogP contribution in [0.3, 0.4) is 0 Å². The Bertz CT molecular complexity index is 283. The molecular formula is C8H12N2O3. The van der Waals surface area contributed by atoms with E-state index < -0.39 is 0 Å². The quantitative estimate of drug-likeness (QED) is 0.573. The number of carbonyl (C=O) groups is 1. The van der Waals surface area contributed by atoms with Crippen molar-refractivity contribution in [2.24, 2.45) is 0 Å². The fourth-order valence-corrected chi connectivity index (χ4v) is 0.843. The zero-order valence-electron chi connectivity index (χ0n) is 7.12. The molecule has 1 rings (SSSR count). The van der Waals surface area contributed by atoms with E-state index >= 15 is 0 Å². The first-order valence-electron chi connectivity index (χ1n) is 3.98. The van der Waals surface area contributed by atoms with Crippen LogP contribution in [0.4, 0.5) is 5.88 Å². The Hall–Kier alpha value is -1.49. The van der Waals surface area contributed by atoms with E-state index in [1.54, 1.807) is 0 Å². The second-order valence-electron chi connectivity index (χ2n) is 2.54. The first kappa shape index (κ1) is 9.60. The lowest BCUT2D eigenvalue weighted by atomic mass is 10.4. The number of hydrogen-bond donors (Lipinski definition) is 3. The lowest BCUT2D eigenvalue weighted by Gasteiger charge is -1.99. The highest BCUT2D eigenvalue weighted by molar-refractivity contribution is 5.91. The Balaban J connectivity index is 2.40. The average molecular weight is 184 g/mol. The molecule has 0 radical (unpaired) electrons. The highest BCUT2D eigenvalue weighted by atomic mass is 16.4. The number of aliphatic hydroxyl groups is 1. The number of aliphatic hydroxyl groups excluding tert-OH is 1. The van der Waals surface area contributed by atoms with Gasteiger partial charge < -0.3 is 20.6 Å². The number of rotatable bonds is 4. The number of furan rings is 1. The third-order valence-corrected chi connectivity index (χ3v) is 1.47. The molecule has 72 valence electrons. The summed E-state index contributed by atoms with van der Waals surface area (Å²) in [6.45, 7) is 0.483. The maximum absolute atomic E-state index is 11.2. The number of hydrogen-bond acceptors (Lipinski definition) is 4. The van der Waals surface area contributed by atoms with Crippen LogP contribution in [0, 0.1) is 0 Å². The summed E-state index contributed by atoms with van der Waals surface area (Å²) in [5.41, 5.74) is 5.28. The van der Waals surface area contributed by atoms with Crippen LogP contribution in [-0.2, 0) is 0 Å². The first-order valence-corrected chi connectivity index (χ1v) is 3.98. The second kappa shape index (κ2) is 4.51. The van der Waals surface area contributed by atoms with Gasteiger partial charge in [0.05, 0.1) is 0 Å². The molecule has 0 bridgehead atoms. The molecule has 0 atom stereocenters.